The fourth-order valence-electron chi connectivity index (χ4n) is 1.83. The van der Waals surface area contributed by atoms with E-state index in [1.807, 2.05) is 0 Å². The molecule has 0 radical (unpaired) electrons. The smallest absolute Gasteiger partial charge is 0.350 e. The van der Waals surface area contributed by atoms with Crippen molar-refractivity contribution in [3.63, 3.8) is 0 Å². The number of nitrogens with two attached hydrogens (primary N) is 1. The molecule has 19 heavy (non-hydrogen) atoms. The molecule has 0 bridgehead atoms. The Hall–Kier alpha value is -2.56. The lowest BCUT2D eigenvalue weighted by atomic mass is 10.0. The number of benzene rings is 1. The van der Waals surface area contributed by atoms with Gasteiger partial charge in [-0.3, -0.25) is 4.79 Å². The molecule has 2 aromatic rings. The van der Waals surface area contributed by atoms with E-state index in [-0.39, 0.29) is 23.5 Å². The summed E-state index contributed by atoms with van der Waals surface area (Å²) in [5.41, 5.74) is 5.66. The number of nitrogen functional groups attached to an aromatic ring is 1. The normalized spacial score (nSPS) is 10.4. The Balaban J connectivity index is 2.33. The molecule has 1 aromatic heterocycles. The molecule has 0 spiro atoms. The lowest BCUT2D eigenvalue weighted by Crippen LogP contribution is -2.16. The van der Waals surface area contributed by atoms with Gasteiger partial charge in [-0.1, -0.05) is 12.1 Å². The van der Waals surface area contributed by atoms with Crippen molar-refractivity contribution in [1.82, 2.24) is 0 Å². The minimum absolute atomic E-state index is 0.0214. The summed E-state index contributed by atoms with van der Waals surface area (Å²) in [5, 5.41) is 9.67. The number of carbonyl (C=O) groups is 1. The predicted molar refractivity (Wildman–Crippen MR) is 70.3 cm³/mol. The molecule has 5 heteroatoms. The number of rotatable bonds is 3. The van der Waals surface area contributed by atoms with Crippen LogP contribution in [0.2, 0.25) is 0 Å². The van der Waals surface area contributed by atoms with Crippen LogP contribution in [0.4, 0.5) is 5.69 Å². The summed E-state index contributed by atoms with van der Waals surface area (Å²) in [6.07, 6.45) is -0.0214. The molecule has 98 valence electrons. The van der Waals surface area contributed by atoms with Crippen molar-refractivity contribution in [3.8, 4) is 5.75 Å². The van der Waals surface area contributed by atoms with Gasteiger partial charge in [0.05, 0.1) is 0 Å². The maximum atomic E-state index is 12.0. The van der Waals surface area contributed by atoms with Crippen LogP contribution in [-0.4, -0.2) is 10.9 Å². The van der Waals surface area contributed by atoms with E-state index in [0.29, 0.717) is 11.3 Å². The van der Waals surface area contributed by atoms with Crippen LogP contribution in [0, 0.1) is 6.92 Å². The summed E-state index contributed by atoms with van der Waals surface area (Å²) < 4.78 is 4.81. The first-order valence-electron chi connectivity index (χ1n) is 5.68. The van der Waals surface area contributed by atoms with Gasteiger partial charge in [-0.15, -0.1) is 0 Å². The molecule has 0 aliphatic heterocycles. The van der Waals surface area contributed by atoms with Gasteiger partial charge < -0.3 is 15.3 Å². The van der Waals surface area contributed by atoms with E-state index < -0.39 is 11.4 Å². The molecule has 1 aromatic carbocycles. The van der Waals surface area contributed by atoms with E-state index >= 15 is 0 Å². The molecule has 0 saturated carbocycles. The zero-order valence-electron chi connectivity index (χ0n) is 10.3. The molecule has 2 rings (SSSR count). The van der Waals surface area contributed by atoms with Crippen molar-refractivity contribution in [1.29, 1.82) is 0 Å². The zero-order chi connectivity index (χ0) is 14.0. The lowest BCUT2D eigenvalue weighted by Gasteiger charge is -2.04. The van der Waals surface area contributed by atoms with Crippen molar-refractivity contribution in [2.75, 3.05) is 5.73 Å². The number of hydrogen-bond donors (Lipinski definition) is 2. The van der Waals surface area contributed by atoms with E-state index in [9.17, 15) is 14.7 Å². The van der Waals surface area contributed by atoms with Crippen LogP contribution < -0.4 is 11.4 Å². The molecule has 0 aliphatic rings. The Kier molecular flexibility index (Phi) is 3.37. The third-order valence-electron chi connectivity index (χ3n) is 2.65. The Labute approximate surface area is 109 Å². The van der Waals surface area contributed by atoms with Crippen molar-refractivity contribution in [3.05, 3.63) is 57.6 Å². The van der Waals surface area contributed by atoms with Crippen LogP contribution in [0.1, 0.15) is 21.7 Å². The zero-order valence-corrected chi connectivity index (χ0v) is 10.3. The van der Waals surface area contributed by atoms with E-state index in [2.05, 4.69) is 0 Å². The number of ketones is 1. The average Bonchev–Trinajstić information content (AvgIpc) is 2.27. The highest BCUT2D eigenvalue weighted by Gasteiger charge is 2.18. The molecule has 0 atom stereocenters. The number of anilines is 1. The molecular formula is C14H13NO4. The summed E-state index contributed by atoms with van der Waals surface area (Å²) >= 11 is 0. The van der Waals surface area contributed by atoms with Crippen LogP contribution in [-0.2, 0) is 6.42 Å². The van der Waals surface area contributed by atoms with Crippen LogP contribution in [0.3, 0.4) is 0 Å². The van der Waals surface area contributed by atoms with Crippen LogP contribution in [0.15, 0.2) is 39.5 Å². The second-order valence-electron chi connectivity index (χ2n) is 4.25. The number of hydrogen-bond acceptors (Lipinski definition) is 5. The van der Waals surface area contributed by atoms with Gasteiger partial charge in [0, 0.05) is 18.2 Å². The topological polar surface area (TPSA) is 93.5 Å². The molecule has 0 amide bonds. The van der Waals surface area contributed by atoms with Crippen LogP contribution in [0.5, 0.6) is 5.75 Å². The molecule has 0 saturated heterocycles. The Bertz CT molecular complexity index is 688. The van der Waals surface area contributed by atoms with Crippen LogP contribution in [0.25, 0.3) is 0 Å². The molecular weight excluding hydrogens is 246 g/mol. The number of aromatic hydroxyl groups is 1. The van der Waals surface area contributed by atoms with Gasteiger partial charge in [-0.25, -0.2) is 4.79 Å². The fourth-order valence-corrected chi connectivity index (χ4v) is 1.83. The highest BCUT2D eigenvalue weighted by Crippen LogP contribution is 2.17. The van der Waals surface area contributed by atoms with Gasteiger partial charge >= 0.3 is 5.63 Å². The van der Waals surface area contributed by atoms with Crippen molar-refractivity contribution >= 4 is 11.5 Å². The van der Waals surface area contributed by atoms with Crippen molar-refractivity contribution in [2.24, 2.45) is 0 Å². The first kappa shape index (κ1) is 12.9. The molecule has 3 N–H and O–H groups in total. The first-order valence-corrected chi connectivity index (χ1v) is 5.68. The van der Waals surface area contributed by atoms with E-state index in [0.717, 1.165) is 0 Å². The van der Waals surface area contributed by atoms with Gasteiger partial charge in [0.1, 0.15) is 17.1 Å². The third kappa shape index (κ3) is 2.82. The summed E-state index contributed by atoms with van der Waals surface area (Å²) in [6.45, 7) is 1.52. The Morgan fingerprint density at radius 2 is 2.11 bits per heavy atom. The van der Waals surface area contributed by atoms with E-state index in [4.69, 9.17) is 10.2 Å². The van der Waals surface area contributed by atoms with Crippen molar-refractivity contribution in [2.45, 2.75) is 13.3 Å². The van der Waals surface area contributed by atoms with Gasteiger partial charge in [-0.05, 0) is 24.6 Å². The molecule has 0 fully saturated rings. The monoisotopic (exact) mass is 259 g/mol. The SMILES string of the molecule is Cc1cc(O)c(C(=O)Cc2cccc(N)c2)c(=O)o1. The highest BCUT2D eigenvalue weighted by atomic mass is 16.4. The molecule has 1 heterocycles. The first-order chi connectivity index (χ1) is 8.97. The minimum Gasteiger partial charge on any atom is -0.507 e. The summed E-state index contributed by atoms with van der Waals surface area (Å²) in [5.74, 6) is -0.609. The van der Waals surface area contributed by atoms with Gasteiger partial charge in [0.15, 0.2) is 5.78 Å². The van der Waals surface area contributed by atoms with Gasteiger partial charge in [0.25, 0.3) is 0 Å². The number of Topliss-reactive ketones (excluding diaryl/α,β-unsaturated/α-hetero) is 1. The molecule has 0 unspecified atom stereocenters. The second-order valence-corrected chi connectivity index (χ2v) is 4.25. The van der Waals surface area contributed by atoms with E-state index in [1.165, 1.54) is 13.0 Å². The largest absolute Gasteiger partial charge is 0.507 e. The Morgan fingerprint density at radius 1 is 1.37 bits per heavy atom. The minimum atomic E-state index is -0.827. The maximum absolute atomic E-state index is 12.0. The standard InChI is InChI=1S/C14H13NO4/c1-8-5-11(16)13(14(18)19-8)12(17)7-9-3-2-4-10(15)6-9/h2-6,16H,7,15H2,1H3. The van der Waals surface area contributed by atoms with Gasteiger partial charge in [-0.2, -0.15) is 0 Å². The summed E-state index contributed by atoms with van der Waals surface area (Å²) in [7, 11) is 0. The quantitative estimate of drug-likeness (QED) is 0.645. The van der Waals surface area contributed by atoms with Crippen LogP contribution >= 0.6 is 0 Å². The second kappa shape index (κ2) is 4.97. The highest BCUT2D eigenvalue weighted by molar-refractivity contribution is 5.99. The lowest BCUT2D eigenvalue weighted by molar-refractivity contribution is 0.0986. The summed E-state index contributed by atoms with van der Waals surface area (Å²) in [6, 6.07) is 8.03. The molecule has 5 nitrogen and oxygen atoms in total. The average molecular weight is 259 g/mol. The van der Waals surface area contributed by atoms with Crippen molar-refractivity contribution < 1.29 is 14.3 Å². The summed E-state index contributed by atoms with van der Waals surface area (Å²) in [4.78, 5) is 23.6. The number of carbonyl (C=O) groups excluding carboxylic acids is 1. The van der Waals surface area contributed by atoms with Gasteiger partial charge in [0.2, 0.25) is 0 Å². The maximum Gasteiger partial charge on any atom is 0.350 e. The third-order valence-corrected chi connectivity index (χ3v) is 2.65. The van der Waals surface area contributed by atoms with E-state index in [1.54, 1.807) is 24.3 Å². The predicted octanol–water partition coefficient (Wildman–Crippen LogP) is 1.66. The molecule has 0 aliphatic carbocycles. The fraction of sp³-hybridized carbons (Fsp3) is 0.143. The Morgan fingerprint density at radius 3 is 2.74 bits per heavy atom. The number of aryl methyl sites for hydroxylation is 1.